The van der Waals surface area contributed by atoms with Gasteiger partial charge in [0.05, 0.1) is 48.6 Å². The van der Waals surface area contributed by atoms with Crippen molar-refractivity contribution in [3.8, 4) is 5.75 Å². The molecule has 5 heterocycles. The maximum Gasteiger partial charge on any atom is 0.160 e. The molecule has 212 valence electrons. The highest BCUT2D eigenvalue weighted by molar-refractivity contribution is 6.34. The topological polar surface area (TPSA) is 123 Å². The highest BCUT2D eigenvalue weighted by Gasteiger charge is 2.34. The molecule has 0 bridgehead atoms. The number of alkyl halides is 1. The molecule has 3 aromatic heterocycles. The first-order chi connectivity index (χ1) is 19.4. The van der Waals surface area contributed by atoms with E-state index in [1.54, 1.807) is 25.4 Å². The summed E-state index contributed by atoms with van der Waals surface area (Å²) in [6.07, 6.45) is 5.77. The number of nitrogens with zero attached hydrogens (tertiary/aromatic N) is 7. The second kappa shape index (κ2) is 12.4. The average Bonchev–Trinajstić information content (AvgIpc) is 3.29. The number of fused-ring (bicyclic) bond motifs is 1. The van der Waals surface area contributed by atoms with Crippen LogP contribution < -0.4 is 4.74 Å². The van der Waals surface area contributed by atoms with Gasteiger partial charge in [-0.05, 0) is 26.0 Å². The van der Waals surface area contributed by atoms with Gasteiger partial charge in [-0.3, -0.25) is 9.89 Å². The Morgan fingerprint density at radius 1 is 1.32 bits per heavy atom. The molecule has 0 aromatic carbocycles. The van der Waals surface area contributed by atoms with Crippen molar-refractivity contribution < 1.29 is 23.0 Å². The first-order valence-electron chi connectivity index (χ1n) is 12.8. The molecular weight excluding hydrogens is 546 g/mol. The van der Waals surface area contributed by atoms with E-state index < -0.39 is 18.1 Å². The Labute approximate surface area is 234 Å². The summed E-state index contributed by atoms with van der Waals surface area (Å²) in [5.41, 5.74) is 9.54. The standard InChI is InChI=1S/C26H29ClF2N8O3/c1-15(31-6-16-3-4-36(11-21(16)29)19-12-39-13-19)24(35-30)17-5-22(25-20(27)9-34-37(25)10-17)40-14-23(38-2)26-32-7-18(28)8-33-26/h5-10,16,19,21,23,30H,3-4,11-14H2,1-2H3/b24-15-,31-6?,35-30?/t16?,21-,23?/m0/s1. The molecule has 14 heteroatoms. The summed E-state index contributed by atoms with van der Waals surface area (Å²) in [6.45, 7) is 4.15. The second-order valence-corrected chi connectivity index (χ2v) is 10.1. The van der Waals surface area contributed by atoms with Crippen LogP contribution in [0.5, 0.6) is 5.75 Å². The lowest BCUT2D eigenvalue weighted by molar-refractivity contribution is -0.0812. The SMILES string of the molecule is COC(COc1cc(/C(N=N)=C(\C)N=CC2CCN(C3COC3)C[C@@H]2F)cn2ncc(Cl)c12)c1ncc(F)cn1. The fraction of sp³-hybridized carbons (Fsp3) is 0.462. The number of ether oxygens (including phenoxy) is 3. The van der Waals surface area contributed by atoms with Gasteiger partial charge in [-0.15, -0.1) is 0 Å². The maximum absolute atomic E-state index is 14.9. The van der Waals surface area contributed by atoms with Crippen LogP contribution in [0.1, 0.15) is 30.8 Å². The summed E-state index contributed by atoms with van der Waals surface area (Å²) >= 11 is 6.38. The lowest BCUT2D eigenvalue weighted by atomic mass is 9.94. The van der Waals surface area contributed by atoms with Gasteiger partial charge in [0.25, 0.3) is 0 Å². The van der Waals surface area contributed by atoms with E-state index in [0.29, 0.717) is 59.8 Å². The molecule has 0 saturated carbocycles. The van der Waals surface area contributed by atoms with Crippen molar-refractivity contribution in [3.05, 3.63) is 58.8 Å². The normalized spacial score (nSPS) is 21.8. The van der Waals surface area contributed by atoms with Gasteiger partial charge in [0, 0.05) is 37.5 Å². The molecule has 2 aliphatic rings. The monoisotopic (exact) mass is 574 g/mol. The Morgan fingerprint density at radius 2 is 2.10 bits per heavy atom. The summed E-state index contributed by atoms with van der Waals surface area (Å²) in [6, 6.07) is 1.97. The third-order valence-electron chi connectivity index (χ3n) is 7.08. The number of hydrogen-bond donors (Lipinski definition) is 1. The number of nitrogens with one attached hydrogen (secondary N) is 1. The predicted octanol–water partition coefficient (Wildman–Crippen LogP) is 4.53. The van der Waals surface area contributed by atoms with Crippen LogP contribution in [0.2, 0.25) is 5.02 Å². The van der Waals surface area contributed by atoms with Gasteiger partial charge in [0.15, 0.2) is 17.7 Å². The average molecular weight is 575 g/mol. The number of rotatable bonds is 10. The fourth-order valence-corrected chi connectivity index (χ4v) is 4.92. The number of methoxy groups -OCH3 is 1. The molecule has 5 rings (SSSR count). The zero-order valence-electron chi connectivity index (χ0n) is 22.0. The van der Waals surface area contributed by atoms with Gasteiger partial charge in [0.1, 0.15) is 29.7 Å². The maximum atomic E-state index is 14.9. The van der Waals surface area contributed by atoms with E-state index in [-0.39, 0.29) is 24.0 Å². The van der Waals surface area contributed by atoms with Gasteiger partial charge in [-0.25, -0.2) is 28.8 Å². The van der Waals surface area contributed by atoms with Crippen LogP contribution in [0.4, 0.5) is 8.78 Å². The van der Waals surface area contributed by atoms with Crippen molar-refractivity contribution >= 4 is 29.0 Å². The lowest BCUT2D eigenvalue weighted by Gasteiger charge is -2.42. The minimum atomic E-state index is -1.04. The quantitative estimate of drug-likeness (QED) is 0.279. The zero-order valence-corrected chi connectivity index (χ0v) is 22.8. The third-order valence-corrected chi connectivity index (χ3v) is 7.36. The molecule has 40 heavy (non-hydrogen) atoms. The van der Waals surface area contributed by atoms with Gasteiger partial charge in [-0.2, -0.15) is 10.2 Å². The molecule has 2 aliphatic heterocycles. The Bertz CT molecular complexity index is 1410. The number of piperidine rings is 1. The van der Waals surface area contributed by atoms with Crippen molar-refractivity contribution in [1.82, 2.24) is 24.5 Å². The van der Waals surface area contributed by atoms with Crippen LogP contribution in [-0.4, -0.2) is 82.9 Å². The van der Waals surface area contributed by atoms with E-state index in [0.717, 1.165) is 18.9 Å². The van der Waals surface area contributed by atoms with Crippen molar-refractivity contribution in [2.75, 3.05) is 40.0 Å². The molecule has 1 N–H and O–H groups in total. The highest BCUT2D eigenvalue weighted by Crippen LogP contribution is 2.33. The van der Waals surface area contributed by atoms with E-state index in [2.05, 4.69) is 30.1 Å². The fourth-order valence-electron chi connectivity index (χ4n) is 4.69. The largest absolute Gasteiger partial charge is 0.488 e. The minimum Gasteiger partial charge on any atom is -0.488 e. The summed E-state index contributed by atoms with van der Waals surface area (Å²) in [5.74, 6) is -0.295. The molecule has 0 radical (unpaired) electrons. The van der Waals surface area contributed by atoms with Crippen molar-refractivity contribution in [1.29, 1.82) is 5.53 Å². The van der Waals surface area contributed by atoms with Gasteiger partial charge >= 0.3 is 0 Å². The summed E-state index contributed by atoms with van der Waals surface area (Å²) in [4.78, 5) is 14.6. The number of hydrogen-bond acceptors (Lipinski definition) is 10. The smallest absolute Gasteiger partial charge is 0.160 e. The lowest BCUT2D eigenvalue weighted by Crippen LogP contribution is -2.54. The number of halogens is 3. The highest BCUT2D eigenvalue weighted by atomic mass is 35.5. The van der Waals surface area contributed by atoms with E-state index in [9.17, 15) is 8.78 Å². The van der Waals surface area contributed by atoms with Gasteiger partial charge in [0.2, 0.25) is 0 Å². The number of aromatic nitrogens is 4. The van der Waals surface area contributed by atoms with Crippen LogP contribution in [0.25, 0.3) is 11.2 Å². The van der Waals surface area contributed by atoms with Gasteiger partial charge < -0.3 is 14.2 Å². The summed E-state index contributed by atoms with van der Waals surface area (Å²) in [5, 5.41) is 8.33. The Kier molecular flexibility index (Phi) is 8.74. The van der Waals surface area contributed by atoms with Crippen molar-refractivity contribution in [2.24, 2.45) is 16.0 Å². The first-order valence-corrected chi connectivity index (χ1v) is 13.1. The molecule has 3 aromatic rings. The van der Waals surface area contributed by atoms with Crippen LogP contribution in [0.15, 0.2) is 46.7 Å². The van der Waals surface area contributed by atoms with E-state index in [1.807, 2.05) is 0 Å². The molecular formula is C26H29ClF2N8O3. The third kappa shape index (κ3) is 6.02. The number of allylic oxidation sites excluding steroid dienone is 1. The number of likely N-dealkylation sites (tertiary alicyclic amines) is 1. The van der Waals surface area contributed by atoms with E-state index >= 15 is 0 Å². The molecule has 0 aliphatic carbocycles. The Morgan fingerprint density at radius 3 is 2.75 bits per heavy atom. The molecule has 2 fully saturated rings. The van der Waals surface area contributed by atoms with Crippen molar-refractivity contribution in [3.63, 3.8) is 0 Å². The number of aliphatic imine (C=N–C) groups is 1. The molecule has 3 atom stereocenters. The summed E-state index contributed by atoms with van der Waals surface area (Å²) < 4.78 is 46.4. The van der Waals surface area contributed by atoms with Crippen LogP contribution in [0.3, 0.4) is 0 Å². The van der Waals surface area contributed by atoms with Crippen LogP contribution in [0, 0.1) is 17.3 Å². The summed E-state index contributed by atoms with van der Waals surface area (Å²) in [7, 11) is 1.47. The zero-order chi connectivity index (χ0) is 28.2. The minimum absolute atomic E-state index is 0.0134. The van der Waals surface area contributed by atoms with E-state index in [1.165, 1.54) is 17.8 Å². The Balaban J connectivity index is 1.37. The van der Waals surface area contributed by atoms with Crippen molar-refractivity contribution in [2.45, 2.75) is 31.7 Å². The van der Waals surface area contributed by atoms with Gasteiger partial charge in [-0.1, -0.05) is 11.6 Å². The molecule has 2 saturated heterocycles. The molecule has 11 nitrogen and oxygen atoms in total. The van der Waals surface area contributed by atoms with Crippen LogP contribution in [-0.2, 0) is 9.47 Å². The van der Waals surface area contributed by atoms with Crippen LogP contribution >= 0.6 is 11.6 Å². The molecule has 0 spiro atoms. The predicted molar refractivity (Wildman–Crippen MR) is 143 cm³/mol. The number of pyridine rings is 1. The van der Waals surface area contributed by atoms with E-state index in [4.69, 9.17) is 31.3 Å². The first kappa shape index (κ1) is 28.1. The second-order valence-electron chi connectivity index (χ2n) is 9.65. The molecule has 2 unspecified atom stereocenters. The Hall–Kier alpha value is -3.39. The molecule has 0 amide bonds.